The van der Waals surface area contributed by atoms with Crippen molar-refractivity contribution >= 4 is 17.4 Å². The predicted octanol–water partition coefficient (Wildman–Crippen LogP) is 3.68. The zero-order valence-electron chi connectivity index (χ0n) is 16.9. The fourth-order valence-corrected chi connectivity index (χ4v) is 3.11. The number of para-hydroxylation sites is 1. The lowest BCUT2D eigenvalue weighted by Crippen LogP contribution is -2.14. The van der Waals surface area contributed by atoms with Crippen molar-refractivity contribution in [3.05, 3.63) is 75.0 Å². The first-order valence-corrected chi connectivity index (χ1v) is 9.23. The lowest BCUT2D eigenvalue weighted by atomic mass is 10.1. The van der Waals surface area contributed by atoms with Gasteiger partial charge in [-0.3, -0.25) is 20.0 Å². The van der Waals surface area contributed by atoms with Crippen LogP contribution < -0.4 is 14.8 Å². The normalized spacial score (nSPS) is 10.5. The molecule has 3 rings (SSSR count). The molecule has 30 heavy (non-hydrogen) atoms. The predicted molar refractivity (Wildman–Crippen MR) is 111 cm³/mol. The zero-order valence-corrected chi connectivity index (χ0v) is 16.9. The van der Waals surface area contributed by atoms with E-state index in [0.29, 0.717) is 35.7 Å². The van der Waals surface area contributed by atoms with Crippen molar-refractivity contribution in [2.75, 3.05) is 19.5 Å². The van der Waals surface area contributed by atoms with E-state index in [2.05, 4.69) is 15.5 Å². The number of nitrogens with one attached hydrogen (secondary N) is 2. The number of aryl methyl sites for hydroxylation is 3. The molecule has 0 bridgehead atoms. The molecule has 0 saturated carbocycles. The number of ether oxygens (including phenoxy) is 2. The summed E-state index contributed by atoms with van der Waals surface area (Å²) in [6.07, 6.45) is 1.34. The van der Waals surface area contributed by atoms with E-state index in [1.807, 2.05) is 12.1 Å². The van der Waals surface area contributed by atoms with E-state index in [1.165, 1.54) is 6.07 Å². The van der Waals surface area contributed by atoms with E-state index in [1.54, 1.807) is 45.4 Å². The Morgan fingerprint density at radius 2 is 1.83 bits per heavy atom. The van der Waals surface area contributed by atoms with Crippen LogP contribution in [0.4, 0.5) is 11.5 Å². The highest BCUT2D eigenvalue weighted by atomic mass is 16.6. The molecule has 0 atom stereocenters. The smallest absolute Gasteiger partial charge is 0.285 e. The molecule has 3 aromatic rings. The van der Waals surface area contributed by atoms with Crippen LogP contribution in [0.1, 0.15) is 27.2 Å². The number of rotatable bonds is 8. The third-order valence-electron chi connectivity index (χ3n) is 4.63. The first kappa shape index (κ1) is 20.8. The molecule has 9 nitrogen and oxygen atoms in total. The Hall–Kier alpha value is -3.88. The van der Waals surface area contributed by atoms with Crippen LogP contribution in [0.5, 0.6) is 11.5 Å². The Kier molecular flexibility index (Phi) is 6.31. The fraction of sp³-hybridized carbons (Fsp3) is 0.238. The van der Waals surface area contributed by atoms with Crippen molar-refractivity contribution in [3.8, 4) is 11.5 Å². The molecular weight excluding hydrogens is 388 g/mol. The maximum Gasteiger partial charge on any atom is 0.285 e. The van der Waals surface area contributed by atoms with E-state index in [4.69, 9.17) is 9.47 Å². The topological polar surface area (TPSA) is 119 Å². The van der Waals surface area contributed by atoms with E-state index in [9.17, 15) is 14.9 Å². The zero-order chi connectivity index (χ0) is 21.7. The first-order chi connectivity index (χ1) is 14.4. The first-order valence-electron chi connectivity index (χ1n) is 9.23. The number of hydrogen-bond donors (Lipinski definition) is 2. The number of amides is 1. The summed E-state index contributed by atoms with van der Waals surface area (Å²) in [4.78, 5) is 23.3. The van der Waals surface area contributed by atoms with Gasteiger partial charge in [0.2, 0.25) is 0 Å². The van der Waals surface area contributed by atoms with Gasteiger partial charge in [-0.1, -0.05) is 12.1 Å². The second-order valence-electron chi connectivity index (χ2n) is 6.68. The van der Waals surface area contributed by atoms with Crippen molar-refractivity contribution in [3.63, 3.8) is 0 Å². The summed E-state index contributed by atoms with van der Waals surface area (Å²) in [5.41, 5.74) is 2.04. The van der Waals surface area contributed by atoms with Gasteiger partial charge in [0.15, 0.2) is 5.82 Å². The molecule has 2 N–H and O–H groups in total. The van der Waals surface area contributed by atoms with Gasteiger partial charge in [-0.2, -0.15) is 5.10 Å². The summed E-state index contributed by atoms with van der Waals surface area (Å²) in [7, 11) is 3.20. The molecule has 0 aliphatic rings. The van der Waals surface area contributed by atoms with Gasteiger partial charge in [-0.15, -0.1) is 0 Å². The van der Waals surface area contributed by atoms with Crippen molar-refractivity contribution in [2.24, 2.45) is 0 Å². The third kappa shape index (κ3) is 4.75. The molecule has 0 saturated heterocycles. The summed E-state index contributed by atoms with van der Waals surface area (Å²) < 4.78 is 10.6. The Morgan fingerprint density at radius 3 is 2.47 bits per heavy atom. The average Bonchev–Trinajstić information content (AvgIpc) is 3.18. The number of nitro groups is 1. The molecule has 156 valence electrons. The molecule has 0 unspecified atom stereocenters. The van der Waals surface area contributed by atoms with Crippen LogP contribution >= 0.6 is 0 Å². The highest BCUT2D eigenvalue weighted by Crippen LogP contribution is 2.25. The van der Waals surface area contributed by atoms with Gasteiger partial charge in [-0.25, -0.2) is 0 Å². The molecular formula is C21H22N4O5. The highest BCUT2D eigenvalue weighted by Gasteiger charge is 2.22. The van der Waals surface area contributed by atoms with E-state index >= 15 is 0 Å². The molecule has 0 aliphatic heterocycles. The van der Waals surface area contributed by atoms with Crippen LogP contribution in [0.2, 0.25) is 0 Å². The largest absolute Gasteiger partial charge is 0.497 e. The number of aromatic amines is 1. The molecule has 0 fully saturated rings. The second kappa shape index (κ2) is 9.08. The van der Waals surface area contributed by atoms with Crippen LogP contribution in [0.3, 0.4) is 0 Å². The summed E-state index contributed by atoms with van der Waals surface area (Å²) >= 11 is 0. The number of hydrogen-bond acceptors (Lipinski definition) is 6. The summed E-state index contributed by atoms with van der Waals surface area (Å²) in [6.45, 7) is 1.59. The van der Waals surface area contributed by atoms with Gasteiger partial charge in [0, 0.05) is 23.4 Å². The summed E-state index contributed by atoms with van der Waals surface area (Å²) in [5, 5.41) is 20.9. The Morgan fingerprint density at radius 1 is 1.13 bits per heavy atom. The monoisotopic (exact) mass is 410 g/mol. The minimum absolute atomic E-state index is 0.00646. The molecule has 9 heteroatoms. The molecule has 1 aromatic heterocycles. The van der Waals surface area contributed by atoms with Crippen molar-refractivity contribution in [2.45, 2.75) is 19.8 Å². The lowest BCUT2D eigenvalue weighted by molar-refractivity contribution is -0.385. The van der Waals surface area contributed by atoms with Crippen molar-refractivity contribution in [1.29, 1.82) is 0 Å². The van der Waals surface area contributed by atoms with Gasteiger partial charge < -0.3 is 14.8 Å². The number of H-pyrrole nitrogens is 1. The molecule has 0 aliphatic carbocycles. The molecule has 1 amide bonds. The Labute approximate surface area is 173 Å². The van der Waals surface area contributed by atoms with Crippen LogP contribution in [-0.2, 0) is 12.8 Å². The number of methoxy groups -OCH3 is 2. The van der Waals surface area contributed by atoms with Gasteiger partial charge in [0.1, 0.15) is 17.1 Å². The van der Waals surface area contributed by atoms with Crippen molar-refractivity contribution < 1.29 is 19.2 Å². The number of benzene rings is 2. The summed E-state index contributed by atoms with van der Waals surface area (Å²) in [6, 6.07) is 12.0. The Bertz CT molecular complexity index is 1050. The van der Waals surface area contributed by atoms with E-state index < -0.39 is 10.8 Å². The maximum atomic E-state index is 12.5. The minimum atomic E-state index is -0.582. The number of carbonyl (C=O) groups excluding carboxylic acids is 1. The fourth-order valence-electron chi connectivity index (χ4n) is 3.11. The van der Waals surface area contributed by atoms with Crippen LogP contribution in [0.15, 0.2) is 42.5 Å². The highest BCUT2D eigenvalue weighted by molar-refractivity contribution is 6.06. The summed E-state index contributed by atoms with van der Waals surface area (Å²) in [5.74, 6) is 1.14. The van der Waals surface area contributed by atoms with E-state index in [0.717, 1.165) is 11.3 Å². The van der Waals surface area contributed by atoms with Crippen LogP contribution in [-0.4, -0.2) is 35.2 Å². The van der Waals surface area contributed by atoms with Crippen molar-refractivity contribution in [1.82, 2.24) is 10.2 Å². The number of aromatic nitrogens is 2. The third-order valence-corrected chi connectivity index (χ3v) is 4.63. The Balaban J connectivity index is 1.68. The second-order valence-corrected chi connectivity index (χ2v) is 6.68. The molecule has 1 heterocycles. The van der Waals surface area contributed by atoms with Crippen LogP contribution in [0.25, 0.3) is 0 Å². The number of nitro benzene ring substituents is 1. The maximum absolute atomic E-state index is 12.5. The number of nitrogens with zero attached hydrogens (tertiary/aromatic N) is 2. The molecule has 0 radical (unpaired) electrons. The number of anilines is 1. The quantitative estimate of drug-likeness (QED) is 0.432. The molecule has 0 spiro atoms. The van der Waals surface area contributed by atoms with Gasteiger partial charge in [0.25, 0.3) is 11.6 Å². The molecule has 2 aromatic carbocycles. The van der Waals surface area contributed by atoms with Gasteiger partial charge >= 0.3 is 0 Å². The van der Waals surface area contributed by atoms with E-state index in [-0.39, 0.29) is 11.3 Å². The SMILES string of the molecule is COc1cc(CCc2cc(NC(=O)c3cccc(C)c3[N+](=O)[O-])n[nH]2)cc(OC)c1. The van der Waals surface area contributed by atoms with Gasteiger partial charge in [0.05, 0.1) is 19.1 Å². The lowest BCUT2D eigenvalue weighted by Gasteiger charge is -2.08. The van der Waals surface area contributed by atoms with Gasteiger partial charge in [-0.05, 0) is 43.5 Å². The minimum Gasteiger partial charge on any atom is -0.497 e. The van der Waals surface area contributed by atoms with Crippen LogP contribution in [0, 0.1) is 17.0 Å². The standard InChI is InChI=1S/C21H22N4O5/c1-13-5-4-6-18(20(13)25(27)28)21(26)22-19-11-15(23-24-19)8-7-14-9-16(29-2)12-17(10-14)30-3/h4-6,9-12H,7-8H2,1-3H3,(H2,22,23,24,26). The average molecular weight is 410 g/mol. The number of carbonyl (C=O) groups is 1.